The van der Waals surface area contributed by atoms with Gasteiger partial charge in [-0.25, -0.2) is 0 Å². The maximum absolute atomic E-state index is 5.35. The highest BCUT2D eigenvalue weighted by Crippen LogP contribution is 2.32. The summed E-state index contributed by atoms with van der Waals surface area (Å²) in [6, 6.07) is 17.1. The highest BCUT2D eigenvalue weighted by molar-refractivity contribution is 9.10. The van der Waals surface area contributed by atoms with Crippen LogP contribution in [0.1, 0.15) is 11.6 Å². The molecule has 3 nitrogen and oxygen atoms in total. The first-order valence-electron chi connectivity index (χ1n) is 7.15. The zero-order valence-electron chi connectivity index (χ0n) is 12.1. The molecule has 4 heteroatoms. The summed E-state index contributed by atoms with van der Waals surface area (Å²) in [4.78, 5) is 2.40. The van der Waals surface area contributed by atoms with E-state index in [1.54, 1.807) is 7.11 Å². The lowest BCUT2D eigenvalue weighted by molar-refractivity contribution is 0.414. The van der Waals surface area contributed by atoms with Gasteiger partial charge in [0.15, 0.2) is 0 Å². The van der Waals surface area contributed by atoms with Crippen molar-refractivity contribution in [2.75, 3.05) is 31.6 Å². The molecule has 2 aromatic rings. The molecule has 0 amide bonds. The van der Waals surface area contributed by atoms with Gasteiger partial charge >= 0.3 is 0 Å². The second kappa shape index (κ2) is 6.50. The first-order chi connectivity index (χ1) is 10.3. The minimum Gasteiger partial charge on any atom is -0.497 e. The lowest BCUT2D eigenvalue weighted by Crippen LogP contribution is -2.46. The Balaban J connectivity index is 1.83. The fraction of sp³-hybridized carbons (Fsp3) is 0.294. The standard InChI is InChI=1S/C17H19BrN2O/c1-21-14-7-8-15(18)17(11-14)20-10-9-19-16(12-20)13-5-3-2-4-6-13/h2-8,11,16,19H,9-10,12H2,1H3. The van der Waals surface area contributed by atoms with Gasteiger partial charge in [-0.05, 0) is 33.6 Å². The summed E-state index contributed by atoms with van der Waals surface area (Å²) in [5.74, 6) is 0.892. The normalized spacial score (nSPS) is 18.6. The summed E-state index contributed by atoms with van der Waals surface area (Å²) < 4.78 is 6.46. The van der Waals surface area contributed by atoms with E-state index < -0.39 is 0 Å². The SMILES string of the molecule is COc1ccc(Br)c(N2CCNC(c3ccccc3)C2)c1. The van der Waals surface area contributed by atoms with Crippen LogP contribution in [-0.2, 0) is 0 Å². The van der Waals surface area contributed by atoms with Crippen LogP contribution in [0.25, 0.3) is 0 Å². The monoisotopic (exact) mass is 346 g/mol. The Kier molecular flexibility index (Phi) is 4.46. The van der Waals surface area contributed by atoms with Gasteiger partial charge in [-0.3, -0.25) is 0 Å². The van der Waals surface area contributed by atoms with E-state index in [0.717, 1.165) is 29.9 Å². The number of hydrogen-bond donors (Lipinski definition) is 1. The molecule has 0 bridgehead atoms. The molecule has 1 unspecified atom stereocenters. The van der Waals surface area contributed by atoms with Crippen molar-refractivity contribution in [2.45, 2.75) is 6.04 Å². The van der Waals surface area contributed by atoms with Gasteiger partial charge in [-0.2, -0.15) is 0 Å². The number of halogens is 1. The van der Waals surface area contributed by atoms with Crippen LogP contribution in [0.15, 0.2) is 53.0 Å². The molecule has 110 valence electrons. The third-order valence-corrected chi connectivity index (χ3v) is 4.54. The number of anilines is 1. The molecule has 0 radical (unpaired) electrons. The van der Waals surface area contributed by atoms with Crippen LogP contribution in [-0.4, -0.2) is 26.7 Å². The fourth-order valence-electron chi connectivity index (χ4n) is 2.74. The molecular formula is C17H19BrN2O. The lowest BCUT2D eigenvalue weighted by Gasteiger charge is -2.36. The lowest BCUT2D eigenvalue weighted by atomic mass is 10.0. The molecular weight excluding hydrogens is 328 g/mol. The predicted molar refractivity (Wildman–Crippen MR) is 90.1 cm³/mol. The summed E-state index contributed by atoms with van der Waals surface area (Å²) >= 11 is 3.65. The molecule has 0 aromatic heterocycles. The fourth-order valence-corrected chi connectivity index (χ4v) is 3.24. The Morgan fingerprint density at radius 2 is 2.00 bits per heavy atom. The van der Waals surface area contributed by atoms with E-state index in [1.165, 1.54) is 11.3 Å². The van der Waals surface area contributed by atoms with E-state index in [-0.39, 0.29) is 0 Å². The first kappa shape index (κ1) is 14.4. The average Bonchev–Trinajstić information content (AvgIpc) is 2.56. The van der Waals surface area contributed by atoms with Gasteiger partial charge in [0.05, 0.1) is 12.8 Å². The maximum Gasteiger partial charge on any atom is 0.121 e. The molecule has 1 aliphatic heterocycles. The molecule has 1 aliphatic rings. The smallest absolute Gasteiger partial charge is 0.121 e. The number of benzene rings is 2. The van der Waals surface area contributed by atoms with E-state index >= 15 is 0 Å². The predicted octanol–water partition coefficient (Wildman–Crippen LogP) is 3.61. The van der Waals surface area contributed by atoms with Gasteiger partial charge in [0.25, 0.3) is 0 Å². The van der Waals surface area contributed by atoms with Crippen LogP contribution >= 0.6 is 15.9 Å². The number of rotatable bonds is 3. The van der Waals surface area contributed by atoms with E-state index in [0.29, 0.717) is 6.04 Å². The summed E-state index contributed by atoms with van der Waals surface area (Å²) in [5.41, 5.74) is 2.53. The molecule has 0 spiro atoms. The minimum atomic E-state index is 0.359. The molecule has 2 aromatic carbocycles. The highest BCUT2D eigenvalue weighted by atomic mass is 79.9. The number of nitrogens with one attached hydrogen (secondary N) is 1. The van der Waals surface area contributed by atoms with Crippen molar-refractivity contribution in [1.82, 2.24) is 5.32 Å². The molecule has 1 N–H and O–H groups in total. The van der Waals surface area contributed by atoms with E-state index in [9.17, 15) is 0 Å². The highest BCUT2D eigenvalue weighted by Gasteiger charge is 2.22. The Hall–Kier alpha value is -1.52. The molecule has 1 atom stereocenters. The average molecular weight is 347 g/mol. The van der Waals surface area contributed by atoms with Crippen molar-refractivity contribution in [2.24, 2.45) is 0 Å². The van der Waals surface area contributed by atoms with E-state index in [1.807, 2.05) is 12.1 Å². The van der Waals surface area contributed by atoms with Crippen molar-refractivity contribution >= 4 is 21.6 Å². The van der Waals surface area contributed by atoms with Crippen molar-refractivity contribution in [1.29, 1.82) is 0 Å². The second-order valence-corrected chi connectivity index (χ2v) is 6.04. The summed E-state index contributed by atoms with van der Waals surface area (Å²) in [5, 5.41) is 3.59. The van der Waals surface area contributed by atoms with Crippen molar-refractivity contribution in [3.63, 3.8) is 0 Å². The van der Waals surface area contributed by atoms with E-state index in [4.69, 9.17) is 4.74 Å². The maximum atomic E-state index is 5.35. The molecule has 0 saturated carbocycles. The number of piperazine rings is 1. The van der Waals surface area contributed by atoms with Crippen molar-refractivity contribution in [3.05, 3.63) is 58.6 Å². The van der Waals surface area contributed by atoms with Crippen LogP contribution in [0.5, 0.6) is 5.75 Å². The molecule has 1 fully saturated rings. The summed E-state index contributed by atoms with van der Waals surface area (Å²) in [6.07, 6.45) is 0. The number of nitrogens with zero attached hydrogens (tertiary/aromatic N) is 1. The van der Waals surface area contributed by atoms with Gasteiger partial charge in [0.1, 0.15) is 5.75 Å². The zero-order chi connectivity index (χ0) is 14.7. The largest absolute Gasteiger partial charge is 0.497 e. The number of methoxy groups -OCH3 is 1. The Labute approximate surface area is 134 Å². The quantitative estimate of drug-likeness (QED) is 0.918. The third kappa shape index (κ3) is 3.22. The van der Waals surface area contributed by atoms with Crippen LogP contribution < -0.4 is 15.0 Å². The second-order valence-electron chi connectivity index (χ2n) is 5.18. The molecule has 1 heterocycles. The van der Waals surface area contributed by atoms with Crippen molar-refractivity contribution in [3.8, 4) is 5.75 Å². The van der Waals surface area contributed by atoms with E-state index in [2.05, 4.69) is 62.5 Å². The van der Waals surface area contributed by atoms with Gasteiger partial charge < -0.3 is 15.0 Å². The third-order valence-electron chi connectivity index (χ3n) is 3.87. The van der Waals surface area contributed by atoms with Gasteiger partial charge in [-0.15, -0.1) is 0 Å². The first-order valence-corrected chi connectivity index (χ1v) is 7.94. The van der Waals surface area contributed by atoms with Crippen molar-refractivity contribution < 1.29 is 4.74 Å². The molecule has 21 heavy (non-hydrogen) atoms. The van der Waals surface area contributed by atoms with Crippen LogP contribution in [0.3, 0.4) is 0 Å². The number of ether oxygens (including phenoxy) is 1. The Bertz CT molecular complexity index is 603. The summed E-state index contributed by atoms with van der Waals surface area (Å²) in [7, 11) is 1.71. The molecule has 0 aliphatic carbocycles. The Morgan fingerprint density at radius 1 is 1.19 bits per heavy atom. The van der Waals surface area contributed by atoms with Gasteiger partial charge in [0, 0.05) is 36.2 Å². The topological polar surface area (TPSA) is 24.5 Å². The van der Waals surface area contributed by atoms with Gasteiger partial charge in [0.2, 0.25) is 0 Å². The Morgan fingerprint density at radius 3 is 2.76 bits per heavy atom. The van der Waals surface area contributed by atoms with Crippen LogP contribution in [0.2, 0.25) is 0 Å². The zero-order valence-corrected chi connectivity index (χ0v) is 13.6. The summed E-state index contributed by atoms with van der Waals surface area (Å²) in [6.45, 7) is 2.92. The van der Waals surface area contributed by atoms with Crippen LogP contribution in [0, 0.1) is 0 Å². The molecule has 3 rings (SSSR count). The van der Waals surface area contributed by atoms with Crippen LogP contribution in [0.4, 0.5) is 5.69 Å². The van der Waals surface area contributed by atoms with Gasteiger partial charge in [-0.1, -0.05) is 30.3 Å². The minimum absolute atomic E-state index is 0.359. The molecule has 1 saturated heterocycles. The number of hydrogen-bond acceptors (Lipinski definition) is 3.